The van der Waals surface area contributed by atoms with E-state index in [0.29, 0.717) is 26.3 Å². The van der Waals surface area contributed by atoms with Crippen LogP contribution >= 0.6 is 11.6 Å². The molecular formula is C13H14ClNO2. The molecular weight excluding hydrogens is 238 g/mol. The zero-order valence-electron chi connectivity index (χ0n) is 9.43. The minimum Gasteiger partial charge on any atom is -0.378 e. The molecule has 0 aromatic heterocycles. The second kappa shape index (κ2) is 5.84. The Morgan fingerprint density at radius 1 is 1.24 bits per heavy atom. The summed E-state index contributed by atoms with van der Waals surface area (Å²) in [4.78, 5) is 13.7. The standard InChI is InChI=1S/C13H14ClNO2/c14-12(10-11-4-2-1-3-5-11)13(16)15-6-8-17-9-7-15/h1-5,10H,6-9H2/b12-10+. The maximum atomic E-state index is 12.0. The quantitative estimate of drug-likeness (QED) is 0.754. The maximum Gasteiger partial charge on any atom is 0.265 e. The first-order valence-corrected chi connectivity index (χ1v) is 5.94. The predicted octanol–water partition coefficient (Wildman–Crippen LogP) is 2.13. The molecule has 0 aliphatic carbocycles. The normalized spacial score (nSPS) is 17.0. The number of benzene rings is 1. The summed E-state index contributed by atoms with van der Waals surface area (Å²) in [7, 11) is 0. The van der Waals surface area contributed by atoms with Crippen LogP contribution in [0.5, 0.6) is 0 Å². The molecule has 0 atom stereocenters. The molecule has 2 rings (SSSR count). The van der Waals surface area contributed by atoms with Gasteiger partial charge in [0.25, 0.3) is 5.91 Å². The summed E-state index contributed by atoms with van der Waals surface area (Å²) >= 11 is 6.03. The van der Waals surface area contributed by atoms with Gasteiger partial charge in [0.2, 0.25) is 0 Å². The average molecular weight is 252 g/mol. The van der Waals surface area contributed by atoms with Crippen molar-refractivity contribution in [3.63, 3.8) is 0 Å². The fourth-order valence-electron chi connectivity index (χ4n) is 1.67. The Hall–Kier alpha value is -1.32. The van der Waals surface area contributed by atoms with Gasteiger partial charge in [-0.3, -0.25) is 4.79 Å². The largest absolute Gasteiger partial charge is 0.378 e. The van der Waals surface area contributed by atoms with E-state index in [1.165, 1.54) is 0 Å². The van der Waals surface area contributed by atoms with Crippen LogP contribution in [0.4, 0.5) is 0 Å². The minimum absolute atomic E-state index is 0.126. The zero-order valence-corrected chi connectivity index (χ0v) is 10.2. The summed E-state index contributed by atoms with van der Waals surface area (Å²) in [5.41, 5.74) is 0.930. The Kier molecular flexibility index (Phi) is 4.18. The zero-order chi connectivity index (χ0) is 12.1. The van der Waals surface area contributed by atoms with Crippen molar-refractivity contribution < 1.29 is 9.53 Å². The van der Waals surface area contributed by atoms with Crippen molar-refractivity contribution in [1.82, 2.24) is 4.90 Å². The lowest BCUT2D eigenvalue weighted by Crippen LogP contribution is -2.40. The second-order valence-electron chi connectivity index (χ2n) is 3.81. The average Bonchev–Trinajstić information content (AvgIpc) is 2.40. The van der Waals surface area contributed by atoms with E-state index in [0.717, 1.165) is 5.56 Å². The SMILES string of the molecule is O=C(/C(Cl)=C\c1ccccc1)N1CCOCC1. The van der Waals surface area contributed by atoms with Gasteiger partial charge in [-0.25, -0.2) is 0 Å². The van der Waals surface area contributed by atoms with Gasteiger partial charge in [-0.2, -0.15) is 0 Å². The molecule has 0 N–H and O–H groups in total. The number of hydrogen-bond acceptors (Lipinski definition) is 2. The second-order valence-corrected chi connectivity index (χ2v) is 4.21. The van der Waals surface area contributed by atoms with E-state index < -0.39 is 0 Å². The molecule has 17 heavy (non-hydrogen) atoms. The van der Waals surface area contributed by atoms with Gasteiger partial charge in [0.15, 0.2) is 0 Å². The third-order valence-electron chi connectivity index (χ3n) is 2.60. The number of carbonyl (C=O) groups excluding carboxylic acids is 1. The van der Waals surface area contributed by atoms with E-state index in [2.05, 4.69) is 0 Å². The topological polar surface area (TPSA) is 29.5 Å². The highest BCUT2D eigenvalue weighted by atomic mass is 35.5. The van der Waals surface area contributed by atoms with E-state index in [1.54, 1.807) is 11.0 Å². The highest BCUT2D eigenvalue weighted by Crippen LogP contribution is 2.14. The lowest BCUT2D eigenvalue weighted by atomic mass is 10.2. The number of amides is 1. The summed E-state index contributed by atoms with van der Waals surface area (Å²) in [6, 6.07) is 9.57. The molecule has 1 saturated heterocycles. The fraction of sp³-hybridized carbons (Fsp3) is 0.308. The number of rotatable bonds is 2. The summed E-state index contributed by atoms with van der Waals surface area (Å²) in [6.45, 7) is 2.39. The molecule has 1 aliphatic heterocycles. The third-order valence-corrected chi connectivity index (χ3v) is 2.87. The van der Waals surface area contributed by atoms with Crippen molar-refractivity contribution in [1.29, 1.82) is 0 Å². The number of ether oxygens (including phenoxy) is 1. The molecule has 90 valence electrons. The predicted molar refractivity (Wildman–Crippen MR) is 67.7 cm³/mol. The van der Waals surface area contributed by atoms with Crippen LogP contribution in [-0.4, -0.2) is 37.1 Å². The smallest absolute Gasteiger partial charge is 0.265 e. The van der Waals surface area contributed by atoms with Gasteiger partial charge in [0.1, 0.15) is 5.03 Å². The van der Waals surface area contributed by atoms with Crippen LogP contribution in [0.25, 0.3) is 6.08 Å². The fourth-order valence-corrected chi connectivity index (χ4v) is 1.92. The summed E-state index contributed by atoms with van der Waals surface area (Å²) in [5.74, 6) is -0.126. The minimum atomic E-state index is -0.126. The van der Waals surface area contributed by atoms with Crippen LogP contribution in [-0.2, 0) is 9.53 Å². The lowest BCUT2D eigenvalue weighted by molar-refractivity contribution is -0.130. The summed E-state index contributed by atoms with van der Waals surface area (Å²) in [5, 5.41) is 0.248. The van der Waals surface area contributed by atoms with Crippen molar-refractivity contribution in [2.24, 2.45) is 0 Å². The van der Waals surface area contributed by atoms with E-state index in [-0.39, 0.29) is 10.9 Å². The third kappa shape index (κ3) is 3.32. The first-order valence-electron chi connectivity index (χ1n) is 5.56. The van der Waals surface area contributed by atoms with Crippen LogP contribution < -0.4 is 0 Å². The van der Waals surface area contributed by atoms with Crippen LogP contribution in [0.1, 0.15) is 5.56 Å². The van der Waals surface area contributed by atoms with Gasteiger partial charge in [0.05, 0.1) is 13.2 Å². The monoisotopic (exact) mass is 251 g/mol. The van der Waals surface area contributed by atoms with E-state index in [4.69, 9.17) is 16.3 Å². The molecule has 0 spiro atoms. The molecule has 1 heterocycles. The molecule has 1 fully saturated rings. The molecule has 0 bridgehead atoms. The van der Waals surface area contributed by atoms with Crippen LogP contribution in [0.2, 0.25) is 0 Å². The molecule has 0 radical (unpaired) electrons. The highest BCUT2D eigenvalue weighted by Gasteiger charge is 2.19. The van der Waals surface area contributed by atoms with Crippen molar-refractivity contribution in [3.8, 4) is 0 Å². The van der Waals surface area contributed by atoms with Crippen molar-refractivity contribution in [3.05, 3.63) is 40.9 Å². The van der Waals surface area contributed by atoms with Gasteiger partial charge in [-0.15, -0.1) is 0 Å². The van der Waals surface area contributed by atoms with E-state index in [1.807, 2.05) is 30.3 Å². The Balaban J connectivity index is 2.06. The van der Waals surface area contributed by atoms with Crippen molar-refractivity contribution in [2.45, 2.75) is 0 Å². The molecule has 0 saturated carbocycles. The Morgan fingerprint density at radius 2 is 1.88 bits per heavy atom. The number of halogens is 1. The molecule has 4 heteroatoms. The van der Waals surface area contributed by atoms with Crippen LogP contribution in [0.15, 0.2) is 35.4 Å². The number of carbonyl (C=O) groups is 1. The van der Waals surface area contributed by atoms with E-state index >= 15 is 0 Å². The maximum absolute atomic E-state index is 12.0. The van der Waals surface area contributed by atoms with E-state index in [9.17, 15) is 4.79 Å². The Bertz CT molecular complexity index is 411. The summed E-state index contributed by atoms with van der Waals surface area (Å²) in [6.07, 6.45) is 1.69. The number of nitrogens with zero attached hydrogens (tertiary/aromatic N) is 1. The van der Waals surface area contributed by atoms with Crippen LogP contribution in [0.3, 0.4) is 0 Å². The molecule has 1 aliphatic rings. The summed E-state index contributed by atoms with van der Waals surface area (Å²) < 4.78 is 5.19. The Morgan fingerprint density at radius 3 is 2.53 bits per heavy atom. The molecule has 1 amide bonds. The van der Waals surface area contributed by atoms with Gasteiger partial charge in [-0.05, 0) is 11.6 Å². The van der Waals surface area contributed by atoms with Gasteiger partial charge >= 0.3 is 0 Å². The number of hydrogen-bond donors (Lipinski definition) is 0. The highest BCUT2D eigenvalue weighted by molar-refractivity contribution is 6.44. The first kappa shape index (κ1) is 12.1. The van der Waals surface area contributed by atoms with Gasteiger partial charge < -0.3 is 9.64 Å². The van der Waals surface area contributed by atoms with Gasteiger partial charge in [0, 0.05) is 13.1 Å². The van der Waals surface area contributed by atoms with Crippen LogP contribution in [0, 0.1) is 0 Å². The lowest BCUT2D eigenvalue weighted by Gasteiger charge is -2.26. The molecule has 1 aromatic rings. The van der Waals surface area contributed by atoms with Crippen molar-refractivity contribution >= 4 is 23.6 Å². The first-order chi connectivity index (χ1) is 8.27. The van der Waals surface area contributed by atoms with Crippen molar-refractivity contribution in [2.75, 3.05) is 26.3 Å². The molecule has 3 nitrogen and oxygen atoms in total. The molecule has 1 aromatic carbocycles. The van der Waals surface area contributed by atoms with Gasteiger partial charge in [-0.1, -0.05) is 41.9 Å². The molecule has 0 unspecified atom stereocenters. The Labute approximate surface area is 106 Å². The number of morpholine rings is 1.